The number of anilines is 2. The van der Waals surface area contributed by atoms with E-state index in [4.69, 9.17) is 11.6 Å². The summed E-state index contributed by atoms with van der Waals surface area (Å²) in [5.74, 6) is -0.418. The molecule has 120 valence electrons. The average molecular weight is 334 g/mol. The number of nitrogens with one attached hydrogen (secondary N) is 1. The molecule has 0 aliphatic carbocycles. The first-order chi connectivity index (χ1) is 11.1. The molecule has 1 aliphatic heterocycles. The molecule has 0 saturated carbocycles. The number of halogens is 2. The maximum atomic E-state index is 13.9. The monoisotopic (exact) mass is 333 g/mol. The van der Waals surface area contributed by atoms with Crippen LogP contribution in [-0.4, -0.2) is 24.0 Å². The lowest BCUT2D eigenvalue weighted by Crippen LogP contribution is -2.31. The Morgan fingerprint density at radius 1 is 1.22 bits per heavy atom. The number of benzene rings is 1. The van der Waals surface area contributed by atoms with Gasteiger partial charge in [-0.1, -0.05) is 11.6 Å². The number of nitrogens with zero attached hydrogens (tertiary/aromatic N) is 2. The Morgan fingerprint density at radius 2 is 2.00 bits per heavy atom. The van der Waals surface area contributed by atoms with Gasteiger partial charge in [-0.15, -0.1) is 0 Å². The van der Waals surface area contributed by atoms with Crippen molar-refractivity contribution in [1.82, 2.24) is 4.98 Å². The van der Waals surface area contributed by atoms with Crippen molar-refractivity contribution in [3.8, 4) is 0 Å². The van der Waals surface area contributed by atoms with Crippen molar-refractivity contribution in [2.24, 2.45) is 0 Å². The number of piperidine rings is 1. The van der Waals surface area contributed by atoms with Gasteiger partial charge in [-0.25, -0.2) is 9.37 Å². The summed E-state index contributed by atoms with van der Waals surface area (Å²) in [4.78, 5) is 18.9. The van der Waals surface area contributed by atoms with Crippen molar-refractivity contribution in [3.63, 3.8) is 0 Å². The van der Waals surface area contributed by atoms with Gasteiger partial charge in [-0.05, 0) is 49.6 Å². The Balaban J connectivity index is 1.83. The van der Waals surface area contributed by atoms with Crippen LogP contribution in [0.3, 0.4) is 0 Å². The second kappa shape index (κ2) is 6.96. The molecule has 1 fully saturated rings. The van der Waals surface area contributed by atoms with Crippen LogP contribution in [0.2, 0.25) is 5.02 Å². The fourth-order valence-electron chi connectivity index (χ4n) is 2.72. The van der Waals surface area contributed by atoms with E-state index in [-0.39, 0.29) is 10.6 Å². The van der Waals surface area contributed by atoms with E-state index >= 15 is 0 Å². The quantitative estimate of drug-likeness (QED) is 0.919. The zero-order chi connectivity index (χ0) is 16.2. The minimum Gasteiger partial charge on any atom is -0.355 e. The van der Waals surface area contributed by atoms with Crippen molar-refractivity contribution >= 4 is 29.0 Å². The first-order valence-corrected chi connectivity index (χ1v) is 7.99. The molecule has 0 bridgehead atoms. The molecule has 3 rings (SSSR count). The largest absolute Gasteiger partial charge is 0.355 e. The van der Waals surface area contributed by atoms with Crippen LogP contribution in [0.1, 0.15) is 29.6 Å². The summed E-state index contributed by atoms with van der Waals surface area (Å²) in [6, 6.07) is 7.54. The molecule has 2 aromatic rings. The predicted molar refractivity (Wildman–Crippen MR) is 89.7 cm³/mol. The molecular weight excluding hydrogens is 317 g/mol. The third kappa shape index (κ3) is 3.62. The van der Waals surface area contributed by atoms with E-state index in [0.717, 1.165) is 37.8 Å². The molecule has 1 aromatic carbocycles. The highest BCUT2D eigenvalue weighted by Gasteiger charge is 2.18. The molecule has 0 spiro atoms. The van der Waals surface area contributed by atoms with Gasteiger partial charge < -0.3 is 10.2 Å². The summed E-state index contributed by atoms with van der Waals surface area (Å²) in [6.45, 7) is 1.82. The first kappa shape index (κ1) is 15.7. The fourth-order valence-corrected chi connectivity index (χ4v) is 2.87. The number of carbonyl (C=O) groups is 1. The van der Waals surface area contributed by atoms with Crippen molar-refractivity contribution in [2.75, 3.05) is 23.3 Å². The zero-order valence-electron chi connectivity index (χ0n) is 12.6. The van der Waals surface area contributed by atoms with Gasteiger partial charge in [0.15, 0.2) is 5.82 Å². The highest BCUT2D eigenvalue weighted by molar-refractivity contribution is 6.30. The number of rotatable bonds is 3. The van der Waals surface area contributed by atoms with E-state index in [1.54, 1.807) is 18.3 Å². The number of carbonyl (C=O) groups excluding carboxylic acids is 1. The van der Waals surface area contributed by atoms with Crippen LogP contribution in [0.4, 0.5) is 15.9 Å². The maximum Gasteiger partial charge on any atom is 0.258 e. The van der Waals surface area contributed by atoms with Crippen LogP contribution in [0.15, 0.2) is 36.5 Å². The Morgan fingerprint density at radius 3 is 2.74 bits per heavy atom. The normalized spacial score (nSPS) is 14.6. The highest BCUT2D eigenvalue weighted by atomic mass is 35.5. The van der Waals surface area contributed by atoms with Gasteiger partial charge in [0.2, 0.25) is 0 Å². The molecule has 1 amide bonds. The zero-order valence-corrected chi connectivity index (χ0v) is 13.3. The van der Waals surface area contributed by atoms with Gasteiger partial charge in [0.05, 0.1) is 11.3 Å². The summed E-state index contributed by atoms with van der Waals surface area (Å²) in [7, 11) is 0. The Kier molecular flexibility index (Phi) is 4.76. The van der Waals surface area contributed by atoms with E-state index in [1.807, 2.05) is 0 Å². The van der Waals surface area contributed by atoms with Crippen LogP contribution >= 0.6 is 11.6 Å². The van der Waals surface area contributed by atoms with Gasteiger partial charge >= 0.3 is 0 Å². The Labute approximate surface area is 139 Å². The van der Waals surface area contributed by atoms with Crippen LogP contribution in [0, 0.1) is 5.82 Å². The SMILES string of the molecule is O=C(Nc1cccnc1N1CCCCC1)c1ccc(Cl)cc1F. The molecule has 0 atom stereocenters. The smallest absolute Gasteiger partial charge is 0.258 e. The Bertz CT molecular complexity index is 717. The number of amides is 1. The predicted octanol–water partition coefficient (Wildman–Crippen LogP) is 4.12. The molecule has 0 unspecified atom stereocenters. The summed E-state index contributed by atoms with van der Waals surface area (Å²) >= 11 is 5.72. The fraction of sp³-hybridized carbons (Fsp3) is 0.294. The lowest BCUT2D eigenvalue weighted by Gasteiger charge is -2.29. The van der Waals surface area contributed by atoms with Crippen LogP contribution in [0.25, 0.3) is 0 Å². The maximum absolute atomic E-state index is 13.9. The average Bonchev–Trinajstić information content (AvgIpc) is 2.56. The molecule has 23 heavy (non-hydrogen) atoms. The van der Waals surface area contributed by atoms with E-state index in [9.17, 15) is 9.18 Å². The van der Waals surface area contributed by atoms with E-state index in [0.29, 0.717) is 5.69 Å². The molecule has 2 heterocycles. The standard InChI is InChI=1S/C17H17ClFN3O/c18-12-6-7-13(14(19)11-12)17(23)21-15-5-4-8-20-16(15)22-9-2-1-3-10-22/h4-8,11H,1-3,9-10H2,(H,21,23). The first-order valence-electron chi connectivity index (χ1n) is 7.61. The van der Waals surface area contributed by atoms with Crippen molar-refractivity contribution in [2.45, 2.75) is 19.3 Å². The van der Waals surface area contributed by atoms with Crippen molar-refractivity contribution in [3.05, 3.63) is 52.9 Å². The molecule has 6 heteroatoms. The van der Waals surface area contributed by atoms with E-state index < -0.39 is 11.7 Å². The topological polar surface area (TPSA) is 45.2 Å². The number of hydrogen-bond acceptors (Lipinski definition) is 3. The molecular formula is C17H17ClFN3O. The minimum absolute atomic E-state index is 0.0390. The van der Waals surface area contributed by atoms with E-state index in [1.165, 1.54) is 18.6 Å². The van der Waals surface area contributed by atoms with Crippen molar-refractivity contribution < 1.29 is 9.18 Å². The molecule has 1 aromatic heterocycles. The van der Waals surface area contributed by atoms with Crippen LogP contribution in [-0.2, 0) is 0 Å². The molecule has 1 saturated heterocycles. The van der Waals surface area contributed by atoms with E-state index in [2.05, 4.69) is 15.2 Å². The lowest BCUT2D eigenvalue weighted by atomic mass is 10.1. The second-order valence-electron chi connectivity index (χ2n) is 5.50. The molecule has 4 nitrogen and oxygen atoms in total. The molecule has 1 aliphatic rings. The number of pyridine rings is 1. The van der Waals surface area contributed by atoms with Gasteiger partial charge in [-0.3, -0.25) is 4.79 Å². The summed E-state index contributed by atoms with van der Waals surface area (Å²) in [5, 5.41) is 3.02. The van der Waals surface area contributed by atoms with Crippen molar-refractivity contribution in [1.29, 1.82) is 0 Å². The third-order valence-corrected chi connectivity index (χ3v) is 4.10. The minimum atomic E-state index is -0.640. The highest BCUT2D eigenvalue weighted by Crippen LogP contribution is 2.26. The van der Waals surface area contributed by atoms with Gasteiger partial charge in [0.1, 0.15) is 5.82 Å². The second-order valence-corrected chi connectivity index (χ2v) is 5.94. The third-order valence-electron chi connectivity index (χ3n) is 3.87. The Hall–Kier alpha value is -2.14. The van der Waals surface area contributed by atoms with Crippen LogP contribution in [0.5, 0.6) is 0 Å². The number of hydrogen-bond donors (Lipinski definition) is 1. The summed E-state index contributed by atoms with van der Waals surface area (Å²) < 4.78 is 13.9. The number of aromatic nitrogens is 1. The molecule has 0 radical (unpaired) electrons. The lowest BCUT2D eigenvalue weighted by molar-refractivity contribution is 0.102. The molecule has 1 N–H and O–H groups in total. The van der Waals surface area contributed by atoms with Gasteiger partial charge in [0.25, 0.3) is 5.91 Å². The van der Waals surface area contributed by atoms with Crippen LogP contribution < -0.4 is 10.2 Å². The van der Waals surface area contributed by atoms with Gasteiger partial charge in [-0.2, -0.15) is 0 Å². The summed E-state index contributed by atoms with van der Waals surface area (Å²) in [5.41, 5.74) is 0.552. The van der Waals surface area contributed by atoms with Gasteiger partial charge in [0, 0.05) is 24.3 Å². The summed E-state index contributed by atoms with van der Waals surface area (Å²) in [6.07, 6.45) is 5.12.